The molecule has 0 aliphatic carbocycles. The number of aromatic nitrogens is 1. The second kappa shape index (κ2) is 6.45. The highest BCUT2D eigenvalue weighted by Crippen LogP contribution is 2.24. The highest BCUT2D eigenvalue weighted by molar-refractivity contribution is 6.45. The van der Waals surface area contributed by atoms with Gasteiger partial charge in [0, 0.05) is 17.1 Å². The minimum Gasteiger partial charge on any atom is -0.482 e. The quantitative estimate of drug-likeness (QED) is 0.563. The molecular weight excluding hydrogens is 259 g/mol. The van der Waals surface area contributed by atoms with Crippen molar-refractivity contribution in [3.05, 3.63) is 30.0 Å². The van der Waals surface area contributed by atoms with Gasteiger partial charge in [0.25, 0.3) is 0 Å². The van der Waals surface area contributed by atoms with Crippen LogP contribution in [-0.4, -0.2) is 41.3 Å². The molecule has 1 heterocycles. The van der Waals surface area contributed by atoms with Crippen LogP contribution in [0.4, 0.5) is 0 Å². The number of aromatic amines is 1. The van der Waals surface area contributed by atoms with Gasteiger partial charge in [0.1, 0.15) is 5.75 Å². The maximum atomic E-state index is 10.5. The maximum Gasteiger partial charge on any atom is 0.373 e. The molecule has 0 aliphatic heterocycles. The van der Waals surface area contributed by atoms with E-state index in [4.69, 9.17) is 14.9 Å². The van der Waals surface area contributed by atoms with E-state index < -0.39 is 13.0 Å². The molecule has 0 bridgehead atoms. The van der Waals surface area contributed by atoms with Crippen molar-refractivity contribution >= 4 is 23.9 Å². The number of ether oxygens (including phenoxy) is 1. The van der Waals surface area contributed by atoms with Crippen LogP contribution in [0.2, 0.25) is 6.82 Å². The van der Waals surface area contributed by atoms with E-state index in [1.165, 1.54) is 0 Å². The molecule has 0 amide bonds. The summed E-state index contributed by atoms with van der Waals surface area (Å²) < 4.78 is 5.17. The molecule has 0 saturated heterocycles. The van der Waals surface area contributed by atoms with Crippen molar-refractivity contribution in [2.75, 3.05) is 13.2 Å². The summed E-state index contributed by atoms with van der Waals surface area (Å²) in [7, 11) is -0.533. The van der Waals surface area contributed by atoms with Gasteiger partial charge in [0.2, 0.25) is 0 Å². The predicted octanol–water partition coefficient (Wildman–Crippen LogP) is 0.874. The van der Waals surface area contributed by atoms with E-state index in [-0.39, 0.29) is 6.61 Å². The molecular formula is C13H17BN2O4. The van der Waals surface area contributed by atoms with Crippen LogP contribution < -0.4 is 9.96 Å². The van der Waals surface area contributed by atoms with E-state index in [1.54, 1.807) is 12.9 Å². The van der Waals surface area contributed by atoms with Crippen LogP contribution in [0.3, 0.4) is 0 Å². The van der Waals surface area contributed by atoms with E-state index in [2.05, 4.69) is 10.2 Å². The molecule has 0 saturated carbocycles. The van der Waals surface area contributed by atoms with E-state index in [0.29, 0.717) is 12.3 Å². The third-order valence-corrected chi connectivity index (χ3v) is 2.94. The van der Waals surface area contributed by atoms with Crippen LogP contribution in [0.5, 0.6) is 5.75 Å². The van der Waals surface area contributed by atoms with Crippen molar-refractivity contribution in [2.24, 2.45) is 0 Å². The molecule has 4 N–H and O–H groups in total. The Hall–Kier alpha value is -1.99. The molecule has 0 atom stereocenters. The first-order valence-electron chi connectivity index (χ1n) is 6.42. The molecule has 1 aromatic heterocycles. The molecule has 106 valence electrons. The zero-order chi connectivity index (χ0) is 14.5. The molecule has 0 spiro atoms. The predicted molar refractivity (Wildman–Crippen MR) is 77.0 cm³/mol. The number of aliphatic carboxylic acids is 1. The molecule has 0 aliphatic rings. The van der Waals surface area contributed by atoms with Crippen LogP contribution >= 0.6 is 0 Å². The van der Waals surface area contributed by atoms with Crippen molar-refractivity contribution in [1.29, 1.82) is 0 Å². The summed E-state index contributed by atoms with van der Waals surface area (Å²) in [5.41, 5.74) is 2.06. The monoisotopic (exact) mass is 276 g/mol. The number of fused-ring (bicyclic) bond motifs is 1. The van der Waals surface area contributed by atoms with Crippen molar-refractivity contribution in [3.8, 4) is 5.75 Å². The first-order valence-corrected chi connectivity index (χ1v) is 6.42. The first-order chi connectivity index (χ1) is 9.56. The van der Waals surface area contributed by atoms with Gasteiger partial charge < -0.3 is 25.1 Å². The number of H-pyrrole nitrogens is 1. The fourth-order valence-electron chi connectivity index (χ4n) is 2.01. The van der Waals surface area contributed by atoms with Crippen LogP contribution in [0, 0.1) is 0 Å². The molecule has 20 heavy (non-hydrogen) atoms. The normalized spacial score (nSPS) is 10.7. The molecule has 2 rings (SSSR count). The Morgan fingerprint density at radius 3 is 3.00 bits per heavy atom. The SMILES string of the molecule is CB(O)NCCc1c[nH]c2ccc(OCC(=O)O)cc12. The third-order valence-electron chi connectivity index (χ3n) is 2.94. The Morgan fingerprint density at radius 2 is 2.30 bits per heavy atom. The lowest BCUT2D eigenvalue weighted by Crippen LogP contribution is -2.32. The molecule has 0 unspecified atom stereocenters. The molecule has 0 fully saturated rings. The van der Waals surface area contributed by atoms with Crippen molar-refractivity contribution in [3.63, 3.8) is 0 Å². The molecule has 7 heteroatoms. The van der Waals surface area contributed by atoms with E-state index in [1.807, 2.05) is 18.3 Å². The summed E-state index contributed by atoms with van der Waals surface area (Å²) in [6.07, 6.45) is 2.67. The fraction of sp³-hybridized carbons (Fsp3) is 0.308. The highest BCUT2D eigenvalue weighted by Gasteiger charge is 2.07. The summed E-state index contributed by atoms with van der Waals surface area (Å²) in [5, 5.41) is 21.7. The lowest BCUT2D eigenvalue weighted by atomic mass is 9.88. The van der Waals surface area contributed by atoms with Crippen LogP contribution in [0.25, 0.3) is 10.9 Å². The minimum atomic E-state index is -1.000. The minimum absolute atomic E-state index is 0.352. The molecule has 0 radical (unpaired) electrons. The lowest BCUT2D eigenvalue weighted by molar-refractivity contribution is -0.139. The van der Waals surface area contributed by atoms with Crippen LogP contribution in [-0.2, 0) is 11.2 Å². The smallest absolute Gasteiger partial charge is 0.373 e. The standard InChI is InChI=1S/C13H17BN2O4/c1-14(19)16-5-4-9-7-15-12-3-2-10(6-11(9)12)20-8-13(17)18/h2-3,6-7,15-16,19H,4-5,8H2,1H3,(H,17,18). The number of hydrogen-bond acceptors (Lipinski definition) is 4. The largest absolute Gasteiger partial charge is 0.482 e. The Bertz CT molecular complexity index is 597. The highest BCUT2D eigenvalue weighted by atomic mass is 16.5. The topological polar surface area (TPSA) is 94.6 Å². The van der Waals surface area contributed by atoms with Crippen molar-refractivity contribution in [2.45, 2.75) is 13.2 Å². The van der Waals surface area contributed by atoms with Crippen molar-refractivity contribution in [1.82, 2.24) is 10.2 Å². The Labute approximate surface area is 116 Å². The second-order valence-electron chi connectivity index (χ2n) is 4.58. The third kappa shape index (κ3) is 3.75. The number of carboxylic acids is 1. The number of nitrogens with one attached hydrogen (secondary N) is 2. The van der Waals surface area contributed by atoms with Gasteiger partial charge in [-0.2, -0.15) is 0 Å². The fourth-order valence-corrected chi connectivity index (χ4v) is 2.01. The van der Waals surface area contributed by atoms with Gasteiger partial charge in [-0.25, -0.2) is 4.79 Å². The van der Waals surface area contributed by atoms with Gasteiger partial charge in [-0.1, -0.05) is 0 Å². The summed E-state index contributed by atoms with van der Waals surface area (Å²) in [6, 6.07) is 5.42. The zero-order valence-electron chi connectivity index (χ0n) is 11.2. The van der Waals surface area contributed by atoms with Crippen LogP contribution in [0.15, 0.2) is 24.4 Å². The summed E-state index contributed by atoms with van der Waals surface area (Å²) >= 11 is 0. The number of hydrogen-bond donors (Lipinski definition) is 4. The number of carboxylic acid groups (broad SMARTS) is 1. The zero-order valence-corrected chi connectivity index (χ0v) is 11.2. The van der Waals surface area contributed by atoms with Gasteiger partial charge >= 0.3 is 13.0 Å². The lowest BCUT2D eigenvalue weighted by Gasteiger charge is -2.05. The first kappa shape index (κ1) is 14.4. The van der Waals surface area contributed by atoms with Gasteiger partial charge in [-0.15, -0.1) is 0 Å². The van der Waals surface area contributed by atoms with E-state index in [0.717, 1.165) is 22.9 Å². The molecule has 2 aromatic rings. The number of rotatable bonds is 7. The average Bonchev–Trinajstić information content (AvgIpc) is 2.79. The Kier molecular flexibility index (Phi) is 4.65. The van der Waals surface area contributed by atoms with Crippen molar-refractivity contribution < 1.29 is 19.7 Å². The number of benzene rings is 1. The maximum absolute atomic E-state index is 10.5. The Morgan fingerprint density at radius 1 is 1.50 bits per heavy atom. The van der Waals surface area contributed by atoms with Crippen LogP contribution in [0.1, 0.15) is 5.56 Å². The molecule has 6 nitrogen and oxygen atoms in total. The van der Waals surface area contributed by atoms with E-state index in [9.17, 15) is 4.79 Å². The van der Waals surface area contributed by atoms with E-state index >= 15 is 0 Å². The van der Waals surface area contributed by atoms with Gasteiger partial charge in [-0.3, -0.25) is 0 Å². The second-order valence-corrected chi connectivity index (χ2v) is 4.58. The summed E-state index contributed by atoms with van der Waals surface area (Å²) in [4.78, 5) is 13.7. The summed E-state index contributed by atoms with van der Waals surface area (Å²) in [6.45, 7) is 1.98. The number of carbonyl (C=O) groups is 1. The van der Waals surface area contributed by atoms with Gasteiger partial charge in [0.15, 0.2) is 6.61 Å². The molecule has 1 aromatic carbocycles. The average molecular weight is 276 g/mol. The summed E-state index contributed by atoms with van der Waals surface area (Å²) in [5.74, 6) is -0.468. The Balaban J connectivity index is 2.10. The van der Waals surface area contributed by atoms with Gasteiger partial charge in [-0.05, 0) is 43.6 Å². The van der Waals surface area contributed by atoms with Gasteiger partial charge in [0.05, 0.1) is 0 Å².